The second-order valence-corrected chi connectivity index (χ2v) is 9.31. The van der Waals surface area contributed by atoms with Gasteiger partial charge in [0.05, 0.1) is 12.8 Å². The van der Waals surface area contributed by atoms with Crippen molar-refractivity contribution in [2.45, 2.75) is 32.9 Å². The summed E-state index contributed by atoms with van der Waals surface area (Å²) in [5, 5.41) is 4.32. The lowest BCUT2D eigenvalue weighted by atomic mass is 9.96. The highest BCUT2D eigenvalue weighted by Crippen LogP contribution is 2.38. The van der Waals surface area contributed by atoms with Crippen molar-refractivity contribution in [2.24, 2.45) is 0 Å². The number of hydrogen-bond donors (Lipinski definition) is 1. The largest absolute Gasteiger partial charge is 0.464 e. The van der Waals surface area contributed by atoms with Crippen molar-refractivity contribution in [2.75, 3.05) is 0 Å². The van der Waals surface area contributed by atoms with Gasteiger partial charge in [-0.15, -0.1) is 0 Å². The molecule has 1 amide bonds. The van der Waals surface area contributed by atoms with Crippen LogP contribution in [0.4, 0.5) is 13.6 Å². The molecule has 7 heteroatoms. The van der Waals surface area contributed by atoms with Gasteiger partial charge in [0, 0.05) is 28.0 Å². The Balaban J connectivity index is 1.59. The highest BCUT2D eigenvalue weighted by molar-refractivity contribution is 5.98. The Morgan fingerprint density at radius 2 is 1.71 bits per heavy atom. The van der Waals surface area contributed by atoms with Crippen molar-refractivity contribution in [1.82, 2.24) is 5.32 Å². The molecule has 178 valence electrons. The van der Waals surface area contributed by atoms with E-state index in [1.54, 1.807) is 33.1 Å². The lowest BCUT2D eigenvalue weighted by molar-refractivity contribution is 0.0520. The number of halogens is 2. The first kappa shape index (κ1) is 22.7. The van der Waals surface area contributed by atoms with Gasteiger partial charge < -0.3 is 18.9 Å². The standard InChI is InChI=1S/C28H23F2NO4/c1-28(2,3)35-27(32)31-15-21-12-19-11-18(16-4-7-25-17(10-16)8-9-33-25)13-23(26(19)34-21)22-6-5-20(29)14-24(22)30/h4-14H,15H2,1-3H3,(H,31,32). The monoisotopic (exact) mass is 475 g/mol. The first-order chi connectivity index (χ1) is 16.7. The topological polar surface area (TPSA) is 64.6 Å². The number of carbonyl (C=O) groups excluding carboxylic acids is 1. The molecule has 0 unspecified atom stereocenters. The maximum Gasteiger partial charge on any atom is 0.408 e. The second-order valence-electron chi connectivity index (χ2n) is 9.31. The van der Waals surface area contributed by atoms with Gasteiger partial charge in [0.2, 0.25) is 0 Å². The van der Waals surface area contributed by atoms with Gasteiger partial charge in [-0.1, -0.05) is 6.07 Å². The summed E-state index contributed by atoms with van der Waals surface area (Å²) >= 11 is 0. The Kier molecular flexibility index (Phi) is 5.55. The third-order valence-corrected chi connectivity index (χ3v) is 5.48. The summed E-state index contributed by atoms with van der Waals surface area (Å²) in [6.45, 7) is 5.42. The van der Waals surface area contributed by atoms with E-state index in [-0.39, 0.29) is 12.1 Å². The lowest BCUT2D eigenvalue weighted by Gasteiger charge is -2.19. The molecule has 1 N–H and O–H groups in total. The van der Waals surface area contributed by atoms with Crippen LogP contribution in [0.1, 0.15) is 26.5 Å². The molecule has 5 rings (SSSR count). The third kappa shape index (κ3) is 4.75. The van der Waals surface area contributed by atoms with Gasteiger partial charge in [-0.3, -0.25) is 0 Å². The molecule has 5 aromatic rings. The molecule has 0 atom stereocenters. The molecule has 5 nitrogen and oxygen atoms in total. The molecule has 35 heavy (non-hydrogen) atoms. The van der Waals surface area contributed by atoms with Crippen molar-refractivity contribution >= 4 is 28.0 Å². The lowest BCUT2D eigenvalue weighted by Crippen LogP contribution is -2.32. The van der Waals surface area contributed by atoms with Crippen LogP contribution in [-0.2, 0) is 11.3 Å². The molecule has 2 aromatic heterocycles. The Hall–Kier alpha value is -4.13. The average molecular weight is 475 g/mol. The predicted octanol–water partition coefficient (Wildman–Crippen LogP) is 7.82. The summed E-state index contributed by atoms with van der Waals surface area (Å²) in [7, 11) is 0. The average Bonchev–Trinajstić information content (AvgIpc) is 3.42. The van der Waals surface area contributed by atoms with Crippen LogP contribution in [0.15, 0.2) is 75.8 Å². The summed E-state index contributed by atoms with van der Waals surface area (Å²) < 4.78 is 45.2. The van der Waals surface area contributed by atoms with E-state index >= 15 is 0 Å². The van der Waals surface area contributed by atoms with Crippen molar-refractivity contribution < 1.29 is 27.1 Å². The van der Waals surface area contributed by atoms with Crippen molar-refractivity contribution in [1.29, 1.82) is 0 Å². The van der Waals surface area contributed by atoms with Crippen LogP contribution in [0.5, 0.6) is 0 Å². The van der Waals surface area contributed by atoms with Gasteiger partial charge in [0.1, 0.15) is 34.2 Å². The Labute approximate surface area is 200 Å². The number of rotatable bonds is 4. The minimum Gasteiger partial charge on any atom is -0.464 e. The van der Waals surface area contributed by atoms with Gasteiger partial charge in [-0.25, -0.2) is 13.6 Å². The number of ether oxygens (including phenoxy) is 1. The number of benzene rings is 3. The molecule has 0 aliphatic carbocycles. The minimum atomic E-state index is -0.696. The van der Waals surface area contributed by atoms with Crippen LogP contribution in [0.3, 0.4) is 0 Å². The van der Waals surface area contributed by atoms with E-state index in [4.69, 9.17) is 13.6 Å². The molecule has 3 aromatic carbocycles. The second kappa shape index (κ2) is 8.58. The van der Waals surface area contributed by atoms with E-state index < -0.39 is 23.3 Å². The molecule has 0 aliphatic rings. The van der Waals surface area contributed by atoms with Crippen LogP contribution in [-0.4, -0.2) is 11.7 Å². The molecule has 0 radical (unpaired) electrons. The predicted molar refractivity (Wildman–Crippen MR) is 130 cm³/mol. The van der Waals surface area contributed by atoms with E-state index in [2.05, 4.69) is 5.32 Å². The third-order valence-electron chi connectivity index (χ3n) is 5.48. The van der Waals surface area contributed by atoms with Crippen LogP contribution in [0.25, 0.3) is 44.2 Å². The summed E-state index contributed by atoms with van der Waals surface area (Å²) in [4.78, 5) is 12.1. The number of carbonyl (C=O) groups is 1. The summed E-state index contributed by atoms with van der Waals surface area (Å²) in [5.41, 5.74) is 2.99. The first-order valence-corrected chi connectivity index (χ1v) is 11.1. The molecule has 2 heterocycles. The highest BCUT2D eigenvalue weighted by atomic mass is 19.1. The van der Waals surface area contributed by atoms with Crippen LogP contribution < -0.4 is 5.32 Å². The van der Waals surface area contributed by atoms with E-state index in [1.807, 2.05) is 36.4 Å². The number of amides is 1. The van der Waals surface area contributed by atoms with Gasteiger partial charge >= 0.3 is 6.09 Å². The Morgan fingerprint density at radius 3 is 2.49 bits per heavy atom. The van der Waals surface area contributed by atoms with E-state index in [0.29, 0.717) is 16.9 Å². The molecule has 0 spiro atoms. The maximum atomic E-state index is 14.8. The zero-order chi connectivity index (χ0) is 24.7. The SMILES string of the molecule is CC(C)(C)OC(=O)NCc1cc2cc(-c3ccc4occc4c3)cc(-c3ccc(F)cc3F)c2o1. The Bertz CT molecular complexity index is 1560. The number of alkyl carbamates (subject to hydrolysis) is 1. The molecule has 0 saturated carbocycles. The summed E-state index contributed by atoms with van der Waals surface area (Å²) in [5.74, 6) is -0.888. The van der Waals surface area contributed by atoms with Gasteiger partial charge in [0.25, 0.3) is 0 Å². The molecule has 0 fully saturated rings. The molecule has 0 aliphatic heterocycles. The quantitative estimate of drug-likeness (QED) is 0.288. The molecule has 0 saturated heterocycles. The zero-order valence-electron chi connectivity index (χ0n) is 19.4. The molecular weight excluding hydrogens is 452 g/mol. The number of fused-ring (bicyclic) bond motifs is 2. The van der Waals surface area contributed by atoms with Crippen LogP contribution in [0.2, 0.25) is 0 Å². The Morgan fingerprint density at radius 1 is 0.914 bits per heavy atom. The molecule has 0 bridgehead atoms. The number of hydrogen-bond acceptors (Lipinski definition) is 4. The van der Waals surface area contributed by atoms with E-state index in [9.17, 15) is 13.6 Å². The van der Waals surface area contributed by atoms with Crippen LogP contribution in [0, 0.1) is 11.6 Å². The first-order valence-electron chi connectivity index (χ1n) is 11.1. The smallest absolute Gasteiger partial charge is 0.408 e. The number of furan rings is 2. The summed E-state index contributed by atoms with van der Waals surface area (Å²) in [6, 6.07) is 16.6. The zero-order valence-corrected chi connectivity index (χ0v) is 19.4. The van der Waals surface area contributed by atoms with Gasteiger partial charge in [0.15, 0.2) is 0 Å². The maximum absolute atomic E-state index is 14.8. The van der Waals surface area contributed by atoms with Gasteiger partial charge in [-0.05, 0) is 80.4 Å². The summed E-state index contributed by atoms with van der Waals surface area (Å²) in [6.07, 6.45) is 1.05. The number of nitrogens with one attached hydrogen (secondary N) is 1. The fraction of sp³-hybridized carbons (Fsp3) is 0.179. The normalized spacial score (nSPS) is 11.8. The van der Waals surface area contributed by atoms with Crippen LogP contribution >= 0.6 is 0 Å². The highest BCUT2D eigenvalue weighted by Gasteiger charge is 2.19. The van der Waals surface area contributed by atoms with Crippen molar-refractivity contribution in [3.05, 3.63) is 84.3 Å². The molecular formula is C28H23F2NO4. The van der Waals surface area contributed by atoms with E-state index in [0.717, 1.165) is 33.5 Å². The van der Waals surface area contributed by atoms with Crippen molar-refractivity contribution in [3.63, 3.8) is 0 Å². The minimum absolute atomic E-state index is 0.0885. The van der Waals surface area contributed by atoms with Crippen molar-refractivity contribution in [3.8, 4) is 22.3 Å². The fourth-order valence-electron chi connectivity index (χ4n) is 3.99. The van der Waals surface area contributed by atoms with Gasteiger partial charge in [-0.2, -0.15) is 0 Å². The fourth-order valence-corrected chi connectivity index (χ4v) is 3.99. The van der Waals surface area contributed by atoms with E-state index in [1.165, 1.54) is 12.1 Å².